The molecule has 0 aliphatic rings. The molecule has 4 aromatic carbocycles. The van der Waals surface area contributed by atoms with Gasteiger partial charge in [-0.1, -0.05) is 0 Å². The molecule has 0 unspecified atom stereocenters. The number of phenols is 2. The molecule has 6 heteroatoms. The van der Waals surface area contributed by atoms with Gasteiger partial charge in [-0.25, -0.2) is 0 Å². The molecule has 0 bridgehead atoms. The summed E-state index contributed by atoms with van der Waals surface area (Å²) in [5.74, 6) is 0.948. The van der Waals surface area contributed by atoms with Crippen molar-refractivity contribution in [2.24, 2.45) is 0 Å². The molecule has 270 valence electrons. The fourth-order valence-electron chi connectivity index (χ4n) is 7.41. The second-order valence-electron chi connectivity index (χ2n) is 19.8. The van der Waals surface area contributed by atoms with E-state index in [0.717, 1.165) is 46.9 Å². The Kier molecular flexibility index (Phi) is 11.7. The van der Waals surface area contributed by atoms with Gasteiger partial charge in [-0.15, -0.1) is 0 Å². The fraction of sp³-hybridized carbons (Fsp3) is 0.455. The van der Waals surface area contributed by atoms with Crippen LogP contribution in [0.2, 0.25) is 0 Å². The number of hydrogen-bond acceptors (Lipinski definition) is 2. The van der Waals surface area contributed by atoms with Crippen LogP contribution in [-0.2, 0) is 34.0 Å². The van der Waals surface area contributed by atoms with Crippen molar-refractivity contribution in [3.8, 4) is 11.5 Å². The molecule has 0 aliphatic carbocycles. The van der Waals surface area contributed by atoms with Crippen molar-refractivity contribution in [1.82, 2.24) is 0 Å². The predicted molar refractivity (Wildman–Crippen MR) is 234 cm³/mol. The predicted octanol–water partition coefficient (Wildman–Crippen LogP) is 9.24. The van der Waals surface area contributed by atoms with Crippen LogP contribution in [0, 0.1) is 0 Å². The third-order valence-corrected chi connectivity index (χ3v) is 20.0. The van der Waals surface area contributed by atoms with Crippen LogP contribution in [0.15, 0.2) is 84.9 Å². The summed E-state index contributed by atoms with van der Waals surface area (Å²) in [6.07, 6.45) is 3.97. The monoisotopic (exact) mass is 710 g/mol. The Bertz CT molecular complexity index is 1650. The summed E-state index contributed by atoms with van der Waals surface area (Å²) in [6.45, 7) is 26.9. The van der Waals surface area contributed by atoms with Crippen LogP contribution in [0.1, 0.15) is 116 Å². The van der Waals surface area contributed by atoms with Gasteiger partial charge in [0.15, 0.2) is 0 Å². The molecule has 0 atom stereocenters. The van der Waals surface area contributed by atoms with Crippen molar-refractivity contribution >= 4 is 40.0 Å². The van der Waals surface area contributed by atoms with Crippen LogP contribution in [0.5, 0.6) is 11.5 Å². The molecule has 4 aromatic rings. The number of hydrogen-bond donors (Lipinski definition) is 2. The average Bonchev–Trinajstić information content (AvgIpc) is 3.00. The SMILES string of the molecule is B[PH](CC[PH](B)(Cc1cc(C(C)(C)C)cc(C(C)(C)C)c1O)c1ccccc1)(Cc1cc(C(C)(C)C)cc(C(C)(C)C)c1O)c1ccccc1. The molecule has 2 nitrogen and oxygen atoms in total. The first-order valence-electron chi connectivity index (χ1n) is 18.7. The zero-order valence-corrected chi connectivity index (χ0v) is 35.8. The van der Waals surface area contributed by atoms with Crippen molar-refractivity contribution in [2.45, 2.75) is 117 Å². The van der Waals surface area contributed by atoms with E-state index in [9.17, 15) is 10.2 Å². The van der Waals surface area contributed by atoms with E-state index in [0.29, 0.717) is 11.5 Å². The van der Waals surface area contributed by atoms with Crippen molar-refractivity contribution in [3.05, 3.63) is 118 Å². The van der Waals surface area contributed by atoms with E-state index >= 15 is 0 Å². The first-order chi connectivity index (χ1) is 22.8. The van der Waals surface area contributed by atoms with Crippen LogP contribution >= 0.6 is 14.3 Å². The number of rotatable bonds is 9. The minimum absolute atomic E-state index is 0.0263. The van der Waals surface area contributed by atoms with Gasteiger partial charge in [0.2, 0.25) is 0 Å². The number of aromatic hydroxyl groups is 2. The van der Waals surface area contributed by atoms with Crippen LogP contribution in [0.3, 0.4) is 0 Å². The first kappa shape index (κ1) is 40.2. The molecule has 0 aromatic heterocycles. The Morgan fingerprint density at radius 1 is 0.460 bits per heavy atom. The van der Waals surface area contributed by atoms with Gasteiger partial charge in [-0.2, -0.15) is 0 Å². The van der Waals surface area contributed by atoms with Crippen molar-refractivity contribution in [2.75, 3.05) is 12.3 Å². The number of benzene rings is 4. The van der Waals surface area contributed by atoms with Gasteiger partial charge in [-0.05, 0) is 0 Å². The Balaban J connectivity index is 1.86. The van der Waals surface area contributed by atoms with E-state index < -0.39 is 14.3 Å². The summed E-state index contributed by atoms with van der Waals surface area (Å²) < 4.78 is 0. The quantitative estimate of drug-likeness (QED) is 0.134. The fourth-order valence-corrected chi connectivity index (χ4v) is 17.4. The second-order valence-corrected chi connectivity index (χ2v) is 28.9. The molecule has 50 heavy (non-hydrogen) atoms. The third-order valence-electron chi connectivity index (χ3n) is 11.1. The molecule has 0 saturated carbocycles. The summed E-state index contributed by atoms with van der Waals surface area (Å²) in [6, 6.07) is 31.4. The topological polar surface area (TPSA) is 40.5 Å². The first-order valence-corrected chi connectivity index (χ1v) is 24.5. The zero-order chi connectivity index (χ0) is 37.5. The Labute approximate surface area is 308 Å². The maximum absolute atomic E-state index is 11.9. The Morgan fingerprint density at radius 2 is 0.760 bits per heavy atom. The van der Waals surface area contributed by atoms with Gasteiger partial charge < -0.3 is 0 Å². The van der Waals surface area contributed by atoms with Crippen LogP contribution in [0.4, 0.5) is 0 Å². The molecule has 2 N–H and O–H groups in total. The summed E-state index contributed by atoms with van der Waals surface area (Å²) in [7, 11) is 0.669. The van der Waals surface area contributed by atoms with E-state index in [1.807, 2.05) is 0 Å². The molecule has 0 fully saturated rings. The van der Waals surface area contributed by atoms with Crippen LogP contribution in [0.25, 0.3) is 0 Å². The van der Waals surface area contributed by atoms with Gasteiger partial charge in [0.25, 0.3) is 0 Å². The molecule has 0 heterocycles. The van der Waals surface area contributed by atoms with Crippen LogP contribution in [-0.4, -0.2) is 37.7 Å². The van der Waals surface area contributed by atoms with Crippen LogP contribution < -0.4 is 10.6 Å². The van der Waals surface area contributed by atoms with Gasteiger partial charge in [0, 0.05) is 0 Å². The summed E-state index contributed by atoms with van der Waals surface area (Å²) >= 11 is 0. The van der Waals surface area contributed by atoms with E-state index in [1.54, 1.807) is 0 Å². The van der Waals surface area contributed by atoms with Gasteiger partial charge in [0.05, 0.1) is 0 Å². The van der Waals surface area contributed by atoms with Gasteiger partial charge in [0.1, 0.15) is 0 Å². The summed E-state index contributed by atoms with van der Waals surface area (Å²) in [5, 5.41) is 26.8. The number of phenolic OH excluding ortho intramolecular Hbond substituents is 2. The molecular weight excluding hydrogens is 644 g/mol. The Hall–Kier alpha value is -2.53. The maximum atomic E-state index is 11.9. The van der Waals surface area contributed by atoms with Crippen molar-refractivity contribution in [1.29, 1.82) is 0 Å². The van der Waals surface area contributed by atoms with Gasteiger partial charge in [-0.3, -0.25) is 0 Å². The molecule has 0 saturated heterocycles. The van der Waals surface area contributed by atoms with E-state index in [-0.39, 0.29) is 21.7 Å². The zero-order valence-electron chi connectivity index (χ0n) is 33.8. The Morgan fingerprint density at radius 3 is 1.02 bits per heavy atom. The molecule has 0 aliphatic heterocycles. The van der Waals surface area contributed by atoms with Crippen molar-refractivity contribution in [3.63, 3.8) is 0 Å². The standard InChI is InChI=1S/C44H66B2O2P2/c1-41(2,3)33-25-31(39(47)37(27-33)43(7,8)9)29-49(45,35-19-15-13-16-20-35)23-24-50(46,36-21-17-14-18-22-36)30-32-26-34(42(4,5)6)28-38(40(32)48)44(10,11)12/h13-22,25-28,47-50H,23-24,29-30,45-46H2,1-12H3. The van der Waals surface area contributed by atoms with E-state index in [2.05, 4.69) is 183 Å². The normalized spacial score (nSPS) is 14.1. The molecule has 4 rings (SSSR count). The molecule has 0 radical (unpaired) electrons. The molecular formula is C44H66B2O2P2. The summed E-state index contributed by atoms with van der Waals surface area (Å²) in [5.41, 5.74) is 6.44. The van der Waals surface area contributed by atoms with Crippen molar-refractivity contribution < 1.29 is 10.2 Å². The van der Waals surface area contributed by atoms with E-state index in [1.165, 1.54) is 21.7 Å². The van der Waals surface area contributed by atoms with E-state index in [4.69, 9.17) is 0 Å². The molecule has 0 spiro atoms. The summed E-state index contributed by atoms with van der Waals surface area (Å²) in [4.78, 5) is 0. The average molecular weight is 711 g/mol. The second kappa shape index (κ2) is 14.5. The molecule has 0 amide bonds. The third kappa shape index (κ3) is 9.27. The minimum atomic E-state index is -2.20. The van der Waals surface area contributed by atoms with Gasteiger partial charge >= 0.3 is 309 Å².